The molecule has 24 heavy (non-hydrogen) atoms. The zero-order valence-electron chi connectivity index (χ0n) is 14.7. The van der Waals surface area contributed by atoms with Crippen molar-refractivity contribution in [2.75, 3.05) is 39.8 Å². The molecular weight excluding hydrogens is 300 g/mol. The van der Waals surface area contributed by atoms with E-state index in [2.05, 4.69) is 43.1 Å². The Hall–Kier alpha value is -1.65. The lowest BCUT2D eigenvalue weighted by Gasteiger charge is -2.39. The SMILES string of the molecule is CN1CCN(C(=O)CC2(C)OCCC3=C2Cc2ccccc23)CC1. The minimum atomic E-state index is -0.451. The van der Waals surface area contributed by atoms with Crippen LogP contribution in [0.4, 0.5) is 0 Å². The fourth-order valence-electron chi connectivity index (χ4n) is 4.30. The van der Waals surface area contributed by atoms with Gasteiger partial charge in [-0.2, -0.15) is 0 Å². The van der Waals surface area contributed by atoms with Gasteiger partial charge in [0.25, 0.3) is 0 Å². The lowest BCUT2D eigenvalue weighted by Crippen LogP contribution is -2.49. The van der Waals surface area contributed by atoms with E-state index in [0.717, 1.165) is 39.0 Å². The molecule has 4 nitrogen and oxygen atoms in total. The van der Waals surface area contributed by atoms with Crippen LogP contribution in [0.25, 0.3) is 5.57 Å². The smallest absolute Gasteiger partial charge is 0.225 e. The second kappa shape index (κ2) is 6.01. The summed E-state index contributed by atoms with van der Waals surface area (Å²) >= 11 is 0. The minimum absolute atomic E-state index is 0.232. The molecule has 1 fully saturated rings. The summed E-state index contributed by atoms with van der Waals surface area (Å²) in [7, 11) is 2.11. The van der Waals surface area contributed by atoms with E-state index in [1.807, 2.05) is 4.90 Å². The lowest BCUT2D eigenvalue weighted by atomic mass is 9.85. The van der Waals surface area contributed by atoms with Crippen LogP contribution in [0, 0.1) is 0 Å². The van der Waals surface area contributed by atoms with Gasteiger partial charge in [0.1, 0.15) is 0 Å². The molecule has 0 saturated carbocycles. The number of likely N-dealkylation sites (N-methyl/N-ethyl adjacent to an activating group) is 1. The molecule has 1 aromatic rings. The second-order valence-electron chi connectivity index (χ2n) is 7.48. The third-order valence-electron chi connectivity index (χ3n) is 5.83. The van der Waals surface area contributed by atoms with Crippen molar-refractivity contribution in [3.8, 4) is 0 Å². The fourth-order valence-corrected chi connectivity index (χ4v) is 4.30. The van der Waals surface area contributed by atoms with E-state index in [0.29, 0.717) is 13.0 Å². The van der Waals surface area contributed by atoms with Gasteiger partial charge in [-0.3, -0.25) is 4.79 Å². The van der Waals surface area contributed by atoms with Crippen LogP contribution in [0.3, 0.4) is 0 Å². The monoisotopic (exact) mass is 326 g/mol. The Morgan fingerprint density at radius 3 is 2.75 bits per heavy atom. The van der Waals surface area contributed by atoms with Gasteiger partial charge in [0.15, 0.2) is 0 Å². The van der Waals surface area contributed by atoms with Gasteiger partial charge in [-0.1, -0.05) is 24.3 Å². The first-order chi connectivity index (χ1) is 11.6. The molecule has 1 atom stereocenters. The van der Waals surface area contributed by atoms with Crippen LogP contribution >= 0.6 is 0 Å². The number of fused-ring (bicyclic) bond motifs is 2. The Balaban J connectivity index is 1.55. The standard InChI is InChI=1S/C20H26N2O2/c1-20(14-19(23)22-10-8-21(2)9-11-22)18-13-15-5-3-4-6-16(15)17(18)7-12-24-20/h3-6H,7-14H2,1-2H3. The van der Waals surface area contributed by atoms with E-state index in [1.54, 1.807) is 0 Å². The third-order valence-corrected chi connectivity index (χ3v) is 5.83. The van der Waals surface area contributed by atoms with Gasteiger partial charge in [-0.05, 0) is 49.1 Å². The summed E-state index contributed by atoms with van der Waals surface area (Å²) in [5.41, 5.74) is 5.05. The molecule has 0 bridgehead atoms. The molecule has 4 rings (SSSR count). The number of hydrogen-bond acceptors (Lipinski definition) is 3. The zero-order valence-corrected chi connectivity index (χ0v) is 14.7. The Morgan fingerprint density at radius 1 is 1.21 bits per heavy atom. The van der Waals surface area contributed by atoms with Gasteiger partial charge in [-0.15, -0.1) is 0 Å². The van der Waals surface area contributed by atoms with Gasteiger partial charge in [-0.25, -0.2) is 0 Å². The summed E-state index contributed by atoms with van der Waals surface area (Å²) in [6.07, 6.45) is 2.35. The first-order valence-electron chi connectivity index (χ1n) is 8.98. The van der Waals surface area contributed by atoms with Gasteiger partial charge in [0, 0.05) is 26.2 Å². The molecule has 0 aromatic heterocycles. The Kier molecular flexibility index (Phi) is 3.97. The van der Waals surface area contributed by atoms with E-state index >= 15 is 0 Å². The molecule has 0 spiro atoms. The minimum Gasteiger partial charge on any atom is -0.370 e. The van der Waals surface area contributed by atoms with Crippen molar-refractivity contribution in [1.82, 2.24) is 9.80 Å². The van der Waals surface area contributed by atoms with Gasteiger partial charge < -0.3 is 14.5 Å². The van der Waals surface area contributed by atoms with E-state index in [-0.39, 0.29) is 5.91 Å². The number of hydrogen-bond donors (Lipinski definition) is 0. The molecule has 2 heterocycles. The summed E-state index contributed by atoms with van der Waals surface area (Å²) in [6.45, 7) is 6.40. The quantitative estimate of drug-likeness (QED) is 0.836. The molecule has 1 saturated heterocycles. The fraction of sp³-hybridized carbons (Fsp3) is 0.550. The number of nitrogens with zero attached hydrogens (tertiary/aromatic N) is 2. The maximum Gasteiger partial charge on any atom is 0.225 e. The van der Waals surface area contributed by atoms with Crippen LogP contribution in [0.2, 0.25) is 0 Å². The van der Waals surface area contributed by atoms with E-state index in [1.165, 1.54) is 22.3 Å². The summed E-state index contributed by atoms with van der Waals surface area (Å²) < 4.78 is 6.18. The van der Waals surface area contributed by atoms with Gasteiger partial charge in [0.05, 0.1) is 18.6 Å². The molecule has 4 heteroatoms. The molecule has 1 amide bonds. The Morgan fingerprint density at radius 2 is 1.96 bits per heavy atom. The second-order valence-corrected chi connectivity index (χ2v) is 7.48. The summed E-state index contributed by atoms with van der Waals surface area (Å²) in [5.74, 6) is 0.232. The normalized spacial score (nSPS) is 27.2. The van der Waals surface area contributed by atoms with Gasteiger partial charge >= 0.3 is 0 Å². The van der Waals surface area contributed by atoms with Crippen molar-refractivity contribution < 1.29 is 9.53 Å². The van der Waals surface area contributed by atoms with Crippen LogP contribution in [0.5, 0.6) is 0 Å². The van der Waals surface area contributed by atoms with Crippen molar-refractivity contribution in [3.63, 3.8) is 0 Å². The maximum atomic E-state index is 12.8. The molecule has 3 aliphatic rings. The lowest BCUT2D eigenvalue weighted by molar-refractivity contribution is -0.138. The Labute approximate surface area is 144 Å². The van der Waals surface area contributed by atoms with Crippen LogP contribution in [0.15, 0.2) is 29.8 Å². The molecule has 1 unspecified atom stereocenters. The van der Waals surface area contributed by atoms with Crippen molar-refractivity contribution in [3.05, 3.63) is 41.0 Å². The molecular formula is C20H26N2O2. The largest absolute Gasteiger partial charge is 0.370 e. The predicted molar refractivity (Wildman–Crippen MR) is 94.7 cm³/mol. The van der Waals surface area contributed by atoms with E-state index < -0.39 is 5.60 Å². The van der Waals surface area contributed by atoms with E-state index in [4.69, 9.17) is 4.74 Å². The number of carbonyl (C=O) groups is 1. The number of carbonyl (C=O) groups excluding carboxylic acids is 1. The van der Waals surface area contributed by atoms with Crippen molar-refractivity contribution in [2.45, 2.75) is 31.8 Å². The number of benzene rings is 1. The van der Waals surface area contributed by atoms with Gasteiger partial charge in [0.2, 0.25) is 5.91 Å². The molecule has 1 aromatic carbocycles. The van der Waals surface area contributed by atoms with Crippen molar-refractivity contribution in [1.29, 1.82) is 0 Å². The number of ether oxygens (including phenoxy) is 1. The maximum absolute atomic E-state index is 12.8. The van der Waals surface area contributed by atoms with Crippen molar-refractivity contribution >= 4 is 11.5 Å². The highest BCUT2D eigenvalue weighted by molar-refractivity contribution is 5.82. The molecule has 128 valence electrons. The number of piperazine rings is 1. The predicted octanol–water partition coefficient (Wildman–Crippen LogP) is 2.34. The molecule has 2 aliphatic heterocycles. The van der Waals surface area contributed by atoms with Crippen LogP contribution in [0.1, 0.15) is 30.9 Å². The van der Waals surface area contributed by atoms with E-state index in [9.17, 15) is 4.79 Å². The summed E-state index contributed by atoms with van der Waals surface area (Å²) in [6, 6.07) is 8.63. The first kappa shape index (κ1) is 15.9. The number of amides is 1. The van der Waals surface area contributed by atoms with Crippen LogP contribution in [-0.4, -0.2) is 61.1 Å². The highest BCUT2D eigenvalue weighted by Gasteiger charge is 2.41. The summed E-state index contributed by atoms with van der Waals surface area (Å²) in [5, 5.41) is 0. The van der Waals surface area contributed by atoms with Crippen LogP contribution in [-0.2, 0) is 16.0 Å². The molecule has 0 N–H and O–H groups in total. The third kappa shape index (κ3) is 2.68. The zero-order chi connectivity index (χ0) is 16.7. The summed E-state index contributed by atoms with van der Waals surface area (Å²) in [4.78, 5) is 17.1. The topological polar surface area (TPSA) is 32.8 Å². The average Bonchev–Trinajstić information content (AvgIpc) is 2.96. The molecule has 0 radical (unpaired) electrons. The Bertz CT molecular complexity index is 689. The van der Waals surface area contributed by atoms with Crippen LogP contribution < -0.4 is 0 Å². The highest BCUT2D eigenvalue weighted by atomic mass is 16.5. The first-order valence-corrected chi connectivity index (χ1v) is 8.98. The number of rotatable bonds is 2. The molecule has 1 aliphatic carbocycles. The highest BCUT2D eigenvalue weighted by Crippen LogP contribution is 2.45. The average molecular weight is 326 g/mol. The van der Waals surface area contributed by atoms with Crippen molar-refractivity contribution in [2.24, 2.45) is 0 Å².